The number of phenolic OH excluding ortho intramolecular Hbond substituents is 1. The molecule has 0 saturated heterocycles. The number of nitrogens with one attached hydrogen (secondary N) is 1. The van der Waals surface area contributed by atoms with Crippen LogP contribution in [-0.2, 0) is 13.5 Å². The molecule has 2 N–H and O–H groups in total. The summed E-state index contributed by atoms with van der Waals surface area (Å²) in [7, 11) is 1.95. The third-order valence-electron chi connectivity index (χ3n) is 3.47. The van der Waals surface area contributed by atoms with E-state index in [1.54, 1.807) is 18.5 Å². The second-order valence-corrected chi connectivity index (χ2v) is 5.29. The molecule has 5 nitrogen and oxygen atoms in total. The average molecular weight is 274 g/mol. The van der Waals surface area contributed by atoms with Gasteiger partial charge in [0.15, 0.2) is 0 Å². The zero-order valence-electron chi connectivity index (χ0n) is 12.2. The minimum absolute atomic E-state index is 0.178. The second-order valence-electron chi connectivity index (χ2n) is 5.29. The van der Waals surface area contributed by atoms with E-state index in [1.165, 1.54) is 5.56 Å². The van der Waals surface area contributed by atoms with Crippen molar-refractivity contribution in [2.75, 3.05) is 0 Å². The third kappa shape index (κ3) is 3.81. The van der Waals surface area contributed by atoms with Crippen molar-refractivity contribution in [3.63, 3.8) is 0 Å². The van der Waals surface area contributed by atoms with Crippen molar-refractivity contribution < 1.29 is 5.11 Å². The van der Waals surface area contributed by atoms with E-state index in [2.05, 4.69) is 29.4 Å². The first-order valence-electron chi connectivity index (χ1n) is 6.94. The van der Waals surface area contributed by atoms with Gasteiger partial charge in [0.2, 0.25) is 0 Å². The van der Waals surface area contributed by atoms with Gasteiger partial charge in [0.1, 0.15) is 17.9 Å². The monoisotopic (exact) mass is 274 g/mol. The third-order valence-corrected chi connectivity index (χ3v) is 3.47. The highest BCUT2D eigenvalue weighted by Crippen LogP contribution is 2.14. The summed E-state index contributed by atoms with van der Waals surface area (Å²) in [6.45, 7) is 4.27. The first-order chi connectivity index (χ1) is 9.56. The van der Waals surface area contributed by atoms with Crippen LogP contribution in [0.15, 0.2) is 30.6 Å². The molecule has 2 aromatic rings. The lowest BCUT2D eigenvalue weighted by molar-refractivity contribution is 0.435. The smallest absolute Gasteiger partial charge is 0.149 e. The molecule has 108 valence electrons. The molecule has 2 atom stereocenters. The summed E-state index contributed by atoms with van der Waals surface area (Å²) in [5.74, 6) is 1.26. The highest BCUT2D eigenvalue weighted by molar-refractivity contribution is 5.25. The van der Waals surface area contributed by atoms with Gasteiger partial charge in [-0.2, -0.15) is 0 Å². The zero-order chi connectivity index (χ0) is 14.5. The average Bonchev–Trinajstić information content (AvgIpc) is 2.84. The van der Waals surface area contributed by atoms with Gasteiger partial charge in [0.05, 0.1) is 6.04 Å². The predicted octanol–water partition coefficient (Wildman–Crippen LogP) is 2.19. The van der Waals surface area contributed by atoms with Gasteiger partial charge >= 0.3 is 0 Å². The summed E-state index contributed by atoms with van der Waals surface area (Å²) in [4.78, 5) is 0. The molecule has 0 bridgehead atoms. The lowest BCUT2D eigenvalue weighted by Gasteiger charge is -2.19. The van der Waals surface area contributed by atoms with Crippen LogP contribution >= 0.6 is 0 Å². The van der Waals surface area contributed by atoms with Crippen molar-refractivity contribution in [2.45, 2.75) is 38.8 Å². The number of nitrogens with zero attached hydrogens (tertiary/aromatic N) is 3. The van der Waals surface area contributed by atoms with E-state index in [0.29, 0.717) is 11.8 Å². The standard InChI is InChI=1S/C15H22N4O/c1-11(4-5-13-6-8-14(20)9-7-13)17-12(2)15-18-16-10-19(15)3/h6-12,17,20H,4-5H2,1-3H3. The highest BCUT2D eigenvalue weighted by Gasteiger charge is 2.13. The molecule has 0 fully saturated rings. The number of benzene rings is 1. The van der Waals surface area contributed by atoms with Crippen molar-refractivity contribution >= 4 is 0 Å². The van der Waals surface area contributed by atoms with Gasteiger partial charge in [-0.05, 0) is 44.4 Å². The maximum atomic E-state index is 9.26. The van der Waals surface area contributed by atoms with Crippen LogP contribution in [0.5, 0.6) is 5.75 Å². The molecule has 0 saturated carbocycles. The predicted molar refractivity (Wildman–Crippen MR) is 78.4 cm³/mol. The lowest BCUT2D eigenvalue weighted by atomic mass is 10.1. The molecule has 0 spiro atoms. The van der Waals surface area contributed by atoms with Crippen LogP contribution in [0, 0.1) is 0 Å². The van der Waals surface area contributed by atoms with Crippen LogP contribution in [0.4, 0.5) is 0 Å². The van der Waals surface area contributed by atoms with E-state index in [9.17, 15) is 5.11 Å². The summed E-state index contributed by atoms with van der Waals surface area (Å²) in [5, 5.41) is 20.8. The molecule has 5 heteroatoms. The Hall–Kier alpha value is -1.88. The van der Waals surface area contributed by atoms with Crippen LogP contribution in [0.25, 0.3) is 0 Å². The van der Waals surface area contributed by atoms with E-state index in [1.807, 2.05) is 23.7 Å². The van der Waals surface area contributed by atoms with Gasteiger partial charge < -0.3 is 15.0 Å². The maximum absolute atomic E-state index is 9.26. The van der Waals surface area contributed by atoms with Gasteiger partial charge in [-0.25, -0.2) is 0 Å². The fraction of sp³-hybridized carbons (Fsp3) is 0.467. The fourth-order valence-electron chi connectivity index (χ4n) is 2.31. The maximum Gasteiger partial charge on any atom is 0.149 e. The first-order valence-corrected chi connectivity index (χ1v) is 6.94. The Kier molecular flexibility index (Phi) is 4.74. The van der Waals surface area contributed by atoms with E-state index >= 15 is 0 Å². The second kappa shape index (κ2) is 6.52. The first kappa shape index (κ1) is 14.5. The molecule has 0 aliphatic carbocycles. The summed E-state index contributed by atoms with van der Waals surface area (Å²) in [5.41, 5.74) is 1.24. The molecule has 1 aromatic carbocycles. The minimum atomic E-state index is 0.178. The number of aromatic hydroxyl groups is 1. The summed E-state index contributed by atoms with van der Waals surface area (Å²) in [6.07, 6.45) is 3.74. The van der Waals surface area contributed by atoms with Crippen molar-refractivity contribution in [1.82, 2.24) is 20.1 Å². The number of aromatic nitrogens is 3. The fourth-order valence-corrected chi connectivity index (χ4v) is 2.31. The number of rotatable bonds is 6. The number of hydrogen-bond acceptors (Lipinski definition) is 4. The molecular weight excluding hydrogens is 252 g/mol. The summed E-state index contributed by atoms with van der Waals surface area (Å²) < 4.78 is 1.93. The van der Waals surface area contributed by atoms with Crippen LogP contribution in [0.2, 0.25) is 0 Å². The van der Waals surface area contributed by atoms with Crippen molar-refractivity contribution in [2.24, 2.45) is 7.05 Å². The molecular formula is C15H22N4O. The van der Waals surface area contributed by atoms with E-state index in [0.717, 1.165) is 18.7 Å². The van der Waals surface area contributed by atoms with Gasteiger partial charge in [0.25, 0.3) is 0 Å². The normalized spacial score (nSPS) is 14.2. The Morgan fingerprint density at radius 3 is 2.55 bits per heavy atom. The Balaban J connectivity index is 1.82. The van der Waals surface area contributed by atoms with E-state index < -0.39 is 0 Å². The highest BCUT2D eigenvalue weighted by atomic mass is 16.3. The van der Waals surface area contributed by atoms with Crippen molar-refractivity contribution in [1.29, 1.82) is 0 Å². The van der Waals surface area contributed by atoms with Crippen LogP contribution in [0.1, 0.15) is 37.7 Å². The van der Waals surface area contributed by atoms with E-state index in [4.69, 9.17) is 0 Å². The molecule has 20 heavy (non-hydrogen) atoms. The molecule has 0 aliphatic rings. The Morgan fingerprint density at radius 2 is 1.95 bits per heavy atom. The quantitative estimate of drug-likeness (QED) is 0.847. The SMILES string of the molecule is CC(CCc1ccc(O)cc1)NC(C)c1nncn1C. The van der Waals surface area contributed by atoms with Gasteiger partial charge in [-0.3, -0.25) is 0 Å². The van der Waals surface area contributed by atoms with E-state index in [-0.39, 0.29) is 6.04 Å². The minimum Gasteiger partial charge on any atom is -0.508 e. The Labute approximate surface area is 119 Å². The number of phenols is 1. The summed E-state index contributed by atoms with van der Waals surface area (Å²) >= 11 is 0. The largest absolute Gasteiger partial charge is 0.508 e. The van der Waals surface area contributed by atoms with Gasteiger partial charge in [0, 0.05) is 13.1 Å². The molecule has 1 heterocycles. The molecule has 0 amide bonds. The molecule has 0 aliphatic heterocycles. The Bertz CT molecular complexity index is 535. The van der Waals surface area contributed by atoms with Gasteiger partial charge in [-0.15, -0.1) is 10.2 Å². The van der Waals surface area contributed by atoms with Crippen molar-refractivity contribution in [3.05, 3.63) is 42.0 Å². The van der Waals surface area contributed by atoms with Crippen LogP contribution in [-0.4, -0.2) is 25.9 Å². The van der Waals surface area contributed by atoms with Gasteiger partial charge in [-0.1, -0.05) is 12.1 Å². The van der Waals surface area contributed by atoms with Crippen LogP contribution < -0.4 is 5.32 Å². The van der Waals surface area contributed by atoms with Crippen molar-refractivity contribution in [3.8, 4) is 5.75 Å². The molecule has 1 aromatic heterocycles. The summed E-state index contributed by atoms with van der Waals surface area (Å²) in [6, 6.07) is 7.96. The molecule has 2 rings (SSSR count). The van der Waals surface area contributed by atoms with Crippen LogP contribution in [0.3, 0.4) is 0 Å². The number of hydrogen-bond donors (Lipinski definition) is 2. The molecule has 0 radical (unpaired) electrons. The molecule has 2 unspecified atom stereocenters. The Morgan fingerprint density at radius 1 is 1.25 bits per heavy atom. The zero-order valence-corrected chi connectivity index (χ0v) is 12.2. The topological polar surface area (TPSA) is 63.0 Å². The number of aryl methyl sites for hydroxylation is 2. The lowest BCUT2D eigenvalue weighted by Crippen LogP contribution is -2.30.